The van der Waals surface area contributed by atoms with Crippen LogP contribution in [-0.4, -0.2) is 35.2 Å². The van der Waals surface area contributed by atoms with Crippen molar-refractivity contribution in [3.8, 4) is 10.6 Å². The van der Waals surface area contributed by atoms with Gasteiger partial charge in [0.15, 0.2) is 5.82 Å². The van der Waals surface area contributed by atoms with E-state index in [-0.39, 0.29) is 11.9 Å². The zero-order valence-electron chi connectivity index (χ0n) is 13.8. The normalized spacial score (nSPS) is 15.3. The second-order valence-corrected chi connectivity index (χ2v) is 7.17. The lowest BCUT2D eigenvalue weighted by Crippen LogP contribution is -2.44. The third-order valence-electron chi connectivity index (χ3n) is 4.54. The van der Waals surface area contributed by atoms with Crippen LogP contribution in [0.4, 0.5) is 5.82 Å². The Hall–Kier alpha value is -2.60. The van der Waals surface area contributed by atoms with Crippen LogP contribution >= 0.6 is 11.3 Å². The van der Waals surface area contributed by atoms with Crippen LogP contribution in [0.25, 0.3) is 10.6 Å². The van der Waals surface area contributed by atoms with Gasteiger partial charge in [0, 0.05) is 30.8 Å². The molecule has 1 fully saturated rings. The molecule has 25 heavy (non-hydrogen) atoms. The Bertz CT molecular complexity index is 820. The van der Waals surface area contributed by atoms with Crippen molar-refractivity contribution in [2.45, 2.75) is 18.9 Å². The Labute approximate surface area is 150 Å². The number of carbonyl (C=O) groups excluding carboxylic acids is 1. The average Bonchev–Trinajstić information content (AvgIpc) is 3.35. The molecule has 0 bridgehead atoms. The summed E-state index contributed by atoms with van der Waals surface area (Å²) >= 11 is 1.70. The van der Waals surface area contributed by atoms with Crippen LogP contribution in [0.3, 0.4) is 0 Å². The largest absolute Gasteiger partial charge is 0.355 e. The monoisotopic (exact) mass is 352 g/mol. The van der Waals surface area contributed by atoms with E-state index in [2.05, 4.69) is 37.9 Å². The Morgan fingerprint density at radius 1 is 1.16 bits per heavy atom. The van der Waals surface area contributed by atoms with Gasteiger partial charge in [-0.2, -0.15) is 5.10 Å². The lowest BCUT2D eigenvalue weighted by atomic mass is 10.0. The standard InChI is InChI=1S/C19H20N4OS/c24-19(14-5-2-1-3-6-14)20-15-8-10-23(11-9-15)18-13-16(21-22-18)17-7-4-12-25-17/h1-7,12-13,15H,8-11H2,(H,20,24)(H,21,22). The smallest absolute Gasteiger partial charge is 0.251 e. The van der Waals surface area contributed by atoms with Gasteiger partial charge in [0.25, 0.3) is 5.91 Å². The number of thiophene rings is 1. The van der Waals surface area contributed by atoms with Gasteiger partial charge >= 0.3 is 0 Å². The topological polar surface area (TPSA) is 61.0 Å². The van der Waals surface area contributed by atoms with Crippen molar-refractivity contribution in [2.24, 2.45) is 0 Å². The molecule has 0 saturated carbocycles. The molecule has 0 atom stereocenters. The van der Waals surface area contributed by atoms with Crippen LogP contribution in [0, 0.1) is 0 Å². The number of nitrogens with one attached hydrogen (secondary N) is 2. The van der Waals surface area contributed by atoms with Gasteiger partial charge < -0.3 is 10.2 Å². The first-order chi connectivity index (χ1) is 12.3. The molecule has 6 heteroatoms. The molecule has 128 valence electrons. The molecule has 0 aliphatic carbocycles. The fraction of sp³-hybridized carbons (Fsp3) is 0.263. The van der Waals surface area contributed by atoms with Gasteiger partial charge in [-0.3, -0.25) is 9.89 Å². The number of aromatic amines is 1. The number of anilines is 1. The Morgan fingerprint density at radius 3 is 2.68 bits per heavy atom. The van der Waals surface area contributed by atoms with Crippen molar-refractivity contribution < 1.29 is 4.79 Å². The summed E-state index contributed by atoms with van der Waals surface area (Å²) in [6.45, 7) is 1.79. The maximum Gasteiger partial charge on any atom is 0.251 e. The first-order valence-electron chi connectivity index (χ1n) is 8.50. The van der Waals surface area contributed by atoms with Gasteiger partial charge in [0.05, 0.1) is 10.6 Å². The summed E-state index contributed by atoms with van der Waals surface area (Å²) in [5.74, 6) is 0.995. The number of nitrogens with zero attached hydrogens (tertiary/aromatic N) is 2. The summed E-state index contributed by atoms with van der Waals surface area (Å²) in [6, 6.07) is 15.9. The first kappa shape index (κ1) is 15.9. The predicted octanol–water partition coefficient (Wildman–Crippen LogP) is 3.54. The minimum atomic E-state index is 0.0128. The number of carbonyl (C=O) groups is 1. The van der Waals surface area contributed by atoms with Gasteiger partial charge in [-0.05, 0) is 36.4 Å². The van der Waals surface area contributed by atoms with E-state index in [1.54, 1.807) is 11.3 Å². The molecule has 0 unspecified atom stereocenters. The summed E-state index contributed by atoms with van der Waals surface area (Å²) in [5.41, 5.74) is 1.78. The van der Waals surface area contributed by atoms with Crippen molar-refractivity contribution in [1.82, 2.24) is 15.5 Å². The number of piperidine rings is 1. The highest BCUT2D eigenvalue weighted by Gasteiger charge is 2.22. The van der Waals surface area contributed by atoms with E-state index in [1.807, 2.05) is 36.4 Å². The van der Waals surface area contributed by atoms with E-state index < -0.39 is 0 Å². The Morgan fingerprint density at radius 2 is 1.96 bits per heavy atom. The van der Waals surface area contributed by atoms with Gasteiger partial charge in [-0.1, -0.05) is 24.3 Å². The zero-order valence-corrected chi connectivity index (χ0v) is 14.6. The van der Waals surface area contributed by atoms with Crippen molar-refractivity contribution in [1.29, 1.82) is 0 Å². The lowest BCUT2D eigenvalue weighted by Gasteiger charge is -2.32. The summed E-state index contributed by atoms with van der Waals surface area (Å²) in [5, 5.41) is 12.8. The molecule has 1 aliphatic heterocycles. The second kappa shape index (κ2) is 7.11. The average molecular weight is 352 g/mol. The lowest BCUT2D eigenvalue weighted by molar-refractivity contribution is 0.0931. The molecular weight excluding hydrogens is 332 g/mol. The summed E-state index contributed by atoms with van der Waals surface area (Å²) in [7, 11) is 0. The number of H-pyrrole nitrogens is 1. The number of benzene rings is 1. The molecule has 3 aromatic rings. The highest BCUT2D eigenvalue weighted by atomic mass is 32.1. The van der Waals surface area contributed by atoms with Crippen LogP contribution in [0.2, 0.25) is 0 Å². The number of rotatable bonds is 4. The molecule has 1 aliphatic rings. The van der Waals surface area contributed by atoms with Crippen molar-refractivity contribution >= 4 is 23.1 Å². The van der Waals surface area contributed by atoms with Crippen LogP contribution in [0.15, 0.2) is 53.9 Å². The Balaban J connectivity index is 1.33. The van der Waals surface area contributed by atoms with Gasteiger partial charge in [0.1, 0.15) is 0 Å². The van der Waals surface area contributed by atoms with Gasteiger partial charge in [-0.15, -0.1) is 11.3 Å². The highest BCUT2D eigenvalue weighted by Crippen LogP contribution is 2.27. The van der Waals surface area contributed by atoms with E-state index in [4.69, 9.17) is 0 Å². The molecule has 0 spiro atoms. The fourth-order valence-corrected chi connectivity index (χ4v) is 3.83. The minimum Gasteiger partial charge on any atom is -0.355 e. The third-order valence-corrected chi connectivity index (χ3v) is 5.44. The molecule has 1 saturated heterocycles. The second-order valence-electron chi connectivity index (χ2n) is 6.22. The van der Waals surface area contributed by atoms with E-state index in [0.717, 1.165) is 43.0 Å². The fourth-order valence-electron chi connectivity index (χ4n) is 3.14. The molecule has 2 aromatic heterocycles. The molecule has 0 radical (unpaired) electrons. The Kier molecular flexibility index (Phi) is 4.52. The highest BCUT2D eigenvalue weighted by molar-refractivity contribution is 7.13. The molecule has 1 aromatic carbocycles. The van der Waals surface area contributed by atoms with Crippen LogP contribution < -0.4 is 10.2 Å². The predicted molar refractivity (Wildman–Crippen MR) is 101 cm³/mol. The van der Waals surface area contributed by atoms with Gasteiger partial charge in [-0.25, -0.2) is 0 Å². The summed E-state index contributed by atoms with van der Waals surface area (Å²) < 4.78 is 0. The SMILES string of the molecule is O=C(NC1CCN(c2cc(-c3cccs3)[nH]n2)CC1)c1ccccc1. The molecule has 2 N–H and O–H groups in total. The molecular formula is C19H20N4OS. The van der Waals surface area contributed by atoms with Gasteiger partial charge in [0.2, 0.25) is 0 Å². The van der Waals surface area contributed by atoms with Crippen LogP contribution in [0.5, 0.6) is 0 Å². The number of hydrogen-bond donors (Lipinski definition) is 2. The zero-order chi connectivity index (χ0) is 17.1. The molecule has 3 heterocycles. The maximum absolute atomic E-state index is 12.3. The molecule has 1 amide bonds. The minimum absolute atomic E-state index is 0.0128. The van der Waals surface area contributed by atoms with E-state index >= 15 is 0 Å². The van der Waals surface area contributed by atoms with Crippen LogP contribution in [-0.2, 0) is 0 Å². The van der Waals surface area contributed by atoms with Crippen molar-refractivity contribution in [3.05, 3.63) is 59.5 Å². The van der Waals surface area contributed by atoms with E-state index in [1.165, 1.54) is 4.88 Å². The molecule has 5 nitrogen and oxygen atoms in total. The first-order valence-corrected chi connectivity index (χ1v) is 9.38. The quantitative estimate of drug-likeness (QED) is 0.755. The van der Waals surface area contributed by atoms with Crippen molar-refractivity contribution in [3.63, 3.8) is 0 Å². The molecule has 4 rings (SSSR count). The number of hydrogen-bond acceptors (Lipinski definition) is 4. The van der Waals surface area contributed by atoms with Crippen molar-refractivity contribution in [2.75, 3.05) is 18.0 Å². The maximum atomic E-state index is 12.3. The van der Waals surface area contributed by atoms with Crippen LogP contribution in [0.1, 0.15) is 23.2 Å². The van der Waals surface area contributed by atoms with E-state index in [0.29, 0.717) is 0 Å². The third kappa shape index (κ3) is 3.58. The number of amides is 1. The summed E-state index contributed by atoms with van der Waals surface area (Å²) in [4.78, 5) is 15.7. The van der Waals surface area contributed by atoms with E-state index in [9.17, 15) is 4.79 Å². The number of aromatic nitrogens is 2. The summed E-state index contributed by atoms with van der Waals surface area (Å²) in [6.07, 6.45) is 1.86.